The largest absolute Gasteiger partial charge is 0.382 e. The second kappa shape index (κ2) is 5.74. The SMILES string of the molecule is Cc1ccc(C2CCC(F)(F)c3cc(F)cc(F)c32)c2c1C(O)C(F)(F)C2. The van der Waals surface area contributed by atoms with Crippen LogP contribution >= 0.6 is 0 Å². The molecule has 0 radical (unpaired) electrons. The Morgan fingerprint density at radius 2 is 1.74 bits per heavy atom. The van der Waals surface area contributed by atoms with Crippen LogP contribution in [0.3, 0.4) is 0 Å². The summed E-state index contributed by atoms with van der Waals surface area (Å²) in [7, 11) is 0. The molecular formula is C20H16F6O. The molecule has 2 aliphatic rings. The minimum atomic E-state index is -3.40. The molecule has 0 aliphatic heterocycles. The van der Waals surface area contributed by atoms with Gasteiger partial charge in [0.2, 0.25) is 0 Å². The molecule has 0 saturated heterocycles. The third-order valence-corrected chi connectivity index (χ3v) is 5.66. The predicted molar refractivity (Wildman–Crippen MR) is 86.1 cm³/mol. The van der Waals surface area contributed by atoms with Crippen LogP contribution in [0.15, 0.2) is 24.3 Å². The number of hydrogen-bond acceptors (Lipinski definition) is 1. The Morgan fingerprint density at radius 1 is 1.04 bits per heavy atom. The average Bonchev–Trinajstić information content (AvgIpc) is 2.80. The van der Waals surface area contributed by atoms with Gasteiger partial charge in [-0.2, -0.15) is 0 Å². The second-order valence-corrected chi connectivity index (χ2v) is 7.35. The molecule has 0 aromatic heterocycles. The lowest BCUT2D eigenvalue weighted by Gasteiger charge is -2.33. The zero-order valence-electron chi connectivity index (χ0n) is 14.3. The first-order chi connectivity index (χ1) is 12.5. The molecule has 0 heterocycles. The fourth-order valence-corrected chi connectivity index (χ4v) is 4.40. The Bertz CT molecular complexity index is 937. The Balaban J connectivity index is 1.94. The van der Waals surface area contributed by atoms with E-state index >= 15 is 0 Å². The van der Waals surface area contributed by atoms with E-state index in [1.807, 2.05) is 0 Å². The monoisotopic (exact) mass is 386 g/mol. The molecule has 2 aromatic carbocycles. The lowest BCUT2D eigenvalue weighted by atomic mass is 9.75. The zero-order chi connectivity index (χ0) is 19.7. The van der Waals surface area contributed by atoms with Crippen LogP contribution in [0.25, 0.3) is 0 Å². The van der Waals surface area contributed by atoms with E-state index in [0.717, 1.165) is 0 Å². The van der Waals surface area contributed by atoms with Crippen LogP contribution in [-0.4, -0.2) is 11.0 Å². The van der Waals surface area contributed by atoms with Crippen molar-refractivity contribution in [3.63, 3.8) is 0 Å². The summed E-state index contributed by atoms with van der Waals surface area (Å²) in [6.45, 7) is 1.58. The molecule has 0 spiro atoms. The highest BCUT2D eigenvalue weighted by atomic mass is 19.3. The van der Waals surface area contributed by atoms with Gasteiger partial charge in [0.15, 0.2) is 0 Å². The van der Waals surface area contributed by atoms with E-state index in [0.29, 0.717) is 17.7 Å². The van der Waals surface area contributed by atoms with Gasteiger partial charge in [-0.1, -0.05) is 12.1 Å². The Hall–Kier alpha value is -2.02. The maximum atomic E-state index is 14.5. The van der Waals surface area contributed by atoms with E-state index in [2.05, 4.69) is 0 Å². The summed E-state index contributed by atoms with van der Waals surface area (Å²) < 4.78 is 84.8. The smallest absolute Gasteiger partial charge is 0.281 e. The molecule has 2 aliphatic carbocycles. The van der Waals surface area contributed by atoms with E-state index in [1.54, 1.807) is 6.92 Å². The van der Waals surface area contributed by atoms with Gasteiger partial charge in [-0.05, 0) is 41.7 Å². The van der Waals surface area contributed by atoms with Crippen LogP contribution in [0.2, 0.25) is 0 Å². The Morgan fingerprint density at radius 3 is 2.44 bits per heavy atom. The molecule has 0 fully saturated rings. The molecule has 2 unspecified atom stereocenters. The van der Waals surface area contributed by atoms with Crippen LogP contribution in [0.5, 0.6) is 0 Å². The van der Waals surface area contributed by atoms with Crippen molar-refractivity contribution in [2.75, 3.05) is 0 Å². The minimum absolute atomic E-state index is 0.0684. The molecule has 144 valence electrons. The molecule has 0 amide bonds. The van der Waals surface area contributed by atoms with Crippen molar-refractivity contribution in [3.05, 3.63) is 69.3 Å². The fraction of sp³-hybridized carbons (Fsp3) is 0.400. The maximum absolute atomic E-state index is 14.5. The van der Waals surface area contributed by atoms with Crippen molar-refractivity contribution in [2.45, 2.75) is 50.1 Å². The average molecular weight is 386 g/mol. The van der Waals surface area contributed by atoms with Crippen molar-refractivity contribution < 1.29 is 31.4 Å². The predicted octanol–water partition coefficient (Wildman–Crippen LogP) is 5.52. The van der Waals surface area contributed by atoms with E-state index in [-0.39, 0.29) is 28.7 Å². The number of alkyl halides is 4. The molecule has 1 N–H and O–H groups in total. The third-order valence-electron chi connectivity index (χ3n) is 5.66. The maximum Gasteiger partial charge on any atom is 0.281 e. The lowest BCUT2D eigenvalue weighted by molar-refractivity contribution is -0.0970. The molecular weight excluding hydrogens is 370 g/mol. The van der Waals surface area contributed by atoms with Crippen molar-refractivity contribution in [1.29, 1.82) is 0 Å². The number of rotatable bonds is 1. The number of hydrogen-bond donors (Lipinski definition) is 1. The van der Waals surface area contributed by atoms with Gasteiger partial charge < -0.3 is 5.11 Å². The highest BCUT2D eigenvalue weighted by Crippen LogP contribution is 2.52. The van der Waals surface area contributed by atoms with Gasteiger partial charge in [-0.15, -0.1) is 0 Å². The number of fused-ring (bicyclic) bond motifs is 2. The topological polar surface area (TPSA) is 20.2 Å². The van der Waals surface area contributed by atoms with Gasteiger partial charge in [0, 0.05) is 36.0 Å². The summed E-state index contributed by atoms with van der Waals surface area (Å²) in [5.74, 6) is -9.91. The first-order valence-corrected chi connectivity index (χ1v) is 8.58. The van der Waals surface area contributed by atoms with Gasteiger partial charge in [0.1, 0.15) is 17.7 Å². The second-order valence-electron chi connectivity index (χ2n) is 7.35. The highest BCUT2D eigenvalue weighted by molar-refractivity contribution is 5.53. The number of halogens is 6. The van der Waals surface area contributed by atoms with Crippen LogP contribution in [0.4, 0.5) is 26.3 Å². The van der Waals surface area contributed by atoms with Gasteiger partial charge in [-0.3, -0.25) is 0 Å². The van der Waals surface area contributed by atoms with Crippen LogP contribution in [-0.2, 0) is 12.3 Å². The summed E-state index contributed by atoms with van der Waals surface area (Å²) in [5, 5.41) is 9.99. The van der Waals surface area contributed by atoms with E-state index in [4.69, 9.17) is 0 Å². The number of benzene rings is 2. The van der Waals surface area contributed by atoms with Crippen LogP contribution in [0.1, 0.15) is 58.2 Å². The standard InChI is InChI=1S/C20H16F6O/c1-9-2-3-11(13-8-20(25,26)18(27)16(9)13)12-4-5-19(23,24)14-6-10(21)7-15(22)17(12)14/h2-3,6-7,12,18,27H,4-5,8H2,1H3. The summed E-state index contributed by atoms with van der Waals surface area (Å²) in [6, 6.07) is 4.18. The lowest BCUT2D eigenvalue weighted by Crippen LogP contribution is -2.26. The third kappa shape index (κ3) is 2.66. The normalized spacial score (nSPS) is 25.2. The Labute approximate surface area is 151 Å². The summed E-state index contributed by atoms with van der Waals surface area (Å²) in [4.78, 5) is 0. The van der Waals surface area contributed by atoms with Crippen molar-refractivity contribution in [3.8, 4) is 0 Å². The fourth-order valence-electron chi connectivity index (χ4n) is 4.40. The molecule has 0 bridgehead atoms. The first-order valence-electron chi connectivity index (χ1n) is 8.58. The molecule has 2 aromatic rings. The molecule has 27 heavy (non-hydrogen) atoms. The van der Waals surface area contributed by atoms with Crippen LogP contribution < -0.4 is 0 Å². The number of aryl methyl sites for hydroxylation is 1. The van der Waals surface area contributed by atoms with Gasteiger partial charge in [0.25, 0.3) is 11.8 Å². The summed E-state index contributed by atoms with van der Waals surface area (Å²) in [6.07, 6.45) is -3.55. The van der Waals surface area contributed by atoms with Crippen LogP contribution in [0, 0.1) is 18.6 Å². The highest BCUT2D eigenvalue weighted by Gasteiger charge is 2.50. The molecule has 7 heteroatoms. The van der Waals surface area contributed by atoms with E-state index in [1.165, 1.54) is 12.1 Å². The molecule has 2 atom stereocenters. The Kier molecular flexibility index (Phi) is 3.90. The van der Waals surface area contributed by atoms with Gasteiger partial charge in [0.05, 0.1) is 0 Å². The summed E-state index contributed by atoms with van der Waals surface area (Å²) >= 11 is 0. The van der Waals surface area contributed by atoms with Gasteiger partial charge >= 0.3 is 0 Å². The minimum Gasteiger partial charge on any atom is -0.382 e. The molecule has 4 rings (SSSR count). The zero-order valence-corrected chi connectivity index (χ0v) is 14.3. The molecule has 0 saturated carbocycles. The van der Waals surface area contributed by atoms with E-state index < -0.39 is 53.9 Å². The van der Waals surface area contributed by atoms with Gasteiger partial charge in [-0.25, -0.2) is 26.3 Å². The number of aliphatic hydroxyl groups is 1. The quantitative estimate of drug-likeness (QED) is 0.641. The van der Waals surface area contributed by atoms with E-state index in [9.17, 15) is 31.4 Å². The van der Waals surface area contributed by atoms with Crippen molar-refractivity contribution in [1.82, 2.24) is 0 Å². The summed E-state index contributed by atoms with van der Waals surface area (Å²) in [5.41, 5.74) is -0.121. The van der Waals surface area contributed by atoms with Crippen molar-refractivity contribution >= 4 is 0 Å². The van der Waals surface area contributed by atoms with Crippen molar-refractivity contribution in [2.24, 2.45) is 0 Å². The number of aliphatic hydroxyl groups excluding tert-OH is 1. The molecule has 1 nitrogen and oxygen atoms in total. The first kappa shape index (κ1) is 18.3.